The van der Waals surface area contributed by atoms with Crippen LogP contribution in [0.1, 0.15) is 31.1 Å². The Morgan fingerprint density at radius 2 is 1.55 bits per heavy atom. The van der Waals surface area contributed by atoms with Crippen molar-refractivity contribution < 1.29 is 14.4 Å². The third-order valence-electron chi connectivity index (χ3n) is 5.28. The average Bonchev–Trinajstić information content (AvgIpc) is 2.85. The number of para-hydroxylation sites is 2. The van der Waals surface area contributed by atoms with E-state index in [0.29, 0.717) is 30.0 Å². The standard InChI is InChI=1S/C23H27N3O3/c1-4-24(5-2)21(27)16-26-20-14-10-9-13-19(20)25(15-17(3)22(26)28)23(29)18-11-7-6-8-12-18/h6-14,17H,4-5,15-16H2,1-3H3. The smallest absolute Gasteiger partial charge is 0.258 e. The molecule has 1 unspecified atom stereocenters. The van der Waals surface area contributed by atoms with Gasteiger partial charge in [-0.3, -0.25) is 14.4 Å². The number of nitrogens with zero attached hydrogens (tertiary/aromatic N) is 3. The number of carbonyl (C=O) groups is 3. The molecule has 3 rings (SSSR count). The quantitative estimate of drug-likeness (QED) is 0.784. The number of hydrogen-bond donors (Lipinski definition) is 0. The van der Waals surface area contributed by atoms with Gasteiger partial charge in [0.1, 0.15) is 6.54 Å². The second-order valence-electron chi connectivity index (χ2n) is 7.16. The van der Waals surface area contributed by atoms with E-state index in [2.05, 4.69) is 0 Å². The summed E-state index contributed by atoms with van der Waals surface area (Å²) in [4.78, 5) is 44.0. The summed E-state index contributed by atoms with van der Waals surface area (Å²) in [5, 5.41) is 0. The lowest BCUT2D eigenvalue weighted by molar-refractivity contribution is -0.131. The van der Waals surface area contributed by atoms with Gasteiger partial charge in [0.15, 0.2) is 0 Å². The van der Waals surface area contributed by atoms with E-state index in [9.17, 15) is 14.4 Å². The Bertz CT molecular complexity index is 893. The van der Waals surface area contributed by atoms with E-state index in [4.69, 9.17) is 0 Å². The Labute approximate surface area is 171 Å². The lowest BCUT2D eigenvalue weighted by Gasteiger charge is -2.27. The van der Waals surface area contributed by atoms with E-state index < -0.39 is 5.92 Å². The molecule has 0 N–H and O–H groups in total. The highest BCUT2D eigenvalue weighted by atomic mass is 16.2. The second-order valence-corrected chi connectivity index (χ2v) is 7.16. The lowest BCUT2D eigenvalue weighted by atomic mass is 10.1. The van der Waals surface area contributed by atoms with E-state index in [-0.39, 0.29) is 30.8 Å². The Morgan fingerprint density at radius 3 is 2.17 bits per heavy atom. The number of amides is 3. The highest BCUT2D eigenvalue weighted by Gasteiger charge is 2.35. The summed E-state index contributed by atoms with van der Waals surface area (Å²) in [6.45, 7) is 7.05. The average molecular weight is 393 g/mol. The monoisotopic (exact) mass is 393 g/mol. The first-order chi connectivity index (χ1) is 14.0. The maximum Gasteiger partial charge on any atom is 0.258 e. The van der Waals surface area contributed by atoms with Crippen LogP contribution in [-0.2, 0) is 9.59 Å². The molecule has 152 valence electrons. The summed E-state index contributed by atoms with van der Waals surface area (Å²) >= 11 is 0. The molecule has 0 saturated heterocycles. The molecule has 2 aromatic carbocycles. The van der Waals surface area contributed by atoms with Crippen LogP contribution in [0, 0.1) is 5.92 Å². The number of fused-ring (bicyclic) bond motifs is 1. The van der Waals surface area contributed by atoms with Crippen molar-refractivity contribution in [3.05, 3.63) is 60.2 Å². The van der Waals surface area contributed by atoms with Gasteiger partial charge >= 0.3 is 0 Å². The van der Waals surface area contributed by atoms with Crippen molar-refractivity contribution in [3.63, 3.8) is 0 Å². The molecule has 0 radical (unpaired) electrons. The molecule has 0 fully saturated rings. The minimum atomic E-state index is -0.431. The minimum Gasteiger partial charge on any atom is -0.342 e. The van der Waals surface area contributed by atoms with Crippen molar-refractivity contribution in [3.8, 4) is 0 Å². The number of rotatable bonds is 5. The molecular formula is C23H27N3O3. The molecular weight excluding hydrogens is 366 g/mol. The summed E-state index contributed by atoms with van der Waals surface area (Å²) in [6, 6.07) is 16.3. The van der Waals surface area contributed by atoms with E-state index in [1.165, 1.54) is 4.90 Å². The van der Waals surface area contributed by atoms with E-state index in [1.54, 1.807) is 34.9 Å². The molecule has 0 spiro atoms. The van der Waals surface area contributed by atoms with Gasteiger partial charge in [0.2, 0.25) is 11.8 Å². The Kier molecular flexibility index (Phi) is 6.32. The van der Waals surface area contributed by atoms with Gasteiger partial charge in [-0.1, -0.05) is 37.3 Å². The van der Waals surface area contributed by atoms with Crippen LogP contribution in [0.5, 0.6) is 0 Å². The molecule has 1 atom stereocenters. The van der Waals surface area contributed by atoms with Crippen LogP contribution in [0.2, 0.25) is 0 Å². The summed E-state index contributed by atoms with van der Waals surface area (Å²) in [7, 11) is 0. The van der Waals surface area contributed by atoms with Crippen LogP contribution in [0.25, 0.3) is 0 Å². The molecule has 6 heteroatoms. The minimum absolute atomic E-state index is 0.0325. The van der Waals surface area contributed by atoms with Gasteiger partial charge in [0.25, 0.3) is 5.91 Å². The molecule has 1 aliphatic heterocycles. The molecule has 0 aliphatic carbocycles. The fraction of sp³-hybridized carbons (Fsp3) is 0.348. The van der Waals surface area contributed by atoms with Gasteiger partial charge in [-0.15, -0.1) is 0 Å². The molecule has 6 nitrogen and oxygen atoms in total. The SMILES string of the molecule is CCN(CC)C(=O)CN1C(=O)C(C)CN(C(=O)c2ccccc2)c2ccccc21. The van der Waals surface area contributed by atoms with Crippen molar-refractivity contribution >= 4 is 29.1 Å². The zero-order valence-corrected chi connectivity index (χ0v) is 17.2. The number of likely N-dealkylation sites (N-methyl/N-ethyl adjacent to an activating group) is 1. The van der Waals surface area contributed by atoms with E-state index >= 15 is 0 Å². The molecule has 2 aromatic rings. The van der Waals surface area contributed by atoms with Crippen molar-refractivity contribution in [2.75, 3.05) is 36.0 Å². The first kappa shape index (κ1) is 20.6. The van der Waals surface area contributed by atoms with Crippen molar-refractivity contribution in [2.45, 2.75) is 20.8 Å². The summed E-state index contributed by atoms with van der Waals surface area (Å²) in [5.41, 5.74) is 1.80. The molecule has 3 amide bonds. The third kappa shape index (κ3) is 4.16. The van der Waals surface area contributed by atoms with Crippen LogP contribution >= 0.6 is 0 Å². The van der Waals surface area contributed by atoms with Crippen LogP contribution in [0.4, 0.5) is 11.4 Å². The first-order valence-corrected chi connectivity index (χ1v) is 10.0. The molecule has 1 aliphatic rings. The normalized spacial score (nSPS) is 16.2. The van der Waals surface area contributed by atoms with Gasteiger partial charge < -0.3 is 14.7 Å². The van der Waals surface area contributed by atoms with Gasteiger partial charge in [-0.2, -0.15) is 0 Å². The molecule has 1 heterocycles. The van der Waals surface area contributed by atoms with Crippen LogP contribution in [0.3, 0.4) is 0 Å². The maximum atomic E-state index is 13.2. The molecule has 0 bridgehead atoms. The van der Waals surface area contributed by atoms with Crippen molar-refractivity contribution in [2.24, 2.45) is 5.92 Å². The predicted octanol–water partition coefficient (Wildman–Crippen LogP) is 3.18. The fourth-order valence-electron chi connectivity index (χ4n) is 3.66. The van der Waals surface area contributed by atoms with Crippen molar-refractivity contribution in [1.29, 1.82) is 0 Å². The molecule has 29 heavy (non-hydrogen) atoms. The number of benzene rings is 2. The maximum absolute atomic E-state index is 13.2. The summed E-state index contributed by atoms with van der Waals surface area (Å²) in [6.07, 6.45) is 0. The van der Waals surface area contributed by atoms with Gasteiger partial charge in [0, 0.05) is 25.2 Å². The van der Waals surface area contributed by atoms with E-state index in [0.717, 1.165) is 0 Å². The summed E-state index contributed by atoms with van der Waals surface area (Å²) in [5.74, 6) is -0.844. The van der Waals surface area contributed by atoms with Gasteiger partial charge in [-0.05, 0) is 38.1 Å². The summed E-state index contributed by atoms with van der Waals surface area (Å²) < 4.78 is 0. The molecule has 0 aromatic heterocycles. The third-order valence-corrected chi connectivity index (χ3v) is 5.28. The Morgan fingerprint density at radius 1 is 0.966 bits per heavy atom. The topological polar surface area (TPSA) is 60.9 Å². The predicted molar refractivity (Wildman–Crippen MR) is 114 cm³/mol. The van der Waals surface area contributed by atoms with Crippen LogP contribution in [-0.4, -0.2) is 48.8 Å². The van der Waals surface area contributed by atoms with E-state index in [1.807, 2.05) is 50.2 Å². The van der Waals surface area contributed by atoms with Crippen LogP contribution in [0.15, 0.2) is 54.6 Å². The van der Waals surface area contributed by atoms with Crippen molar-refractivity contribution in [1.82, 2.24) is 4.90 Å². The first-order valence-electron chi connectivity index (χ1n) is 10.0. The largest absolute Gasteiger partial charge is 0.342 e. The number of carbonyl (C=O) groups excluding carboxylic acids is 3. The highest BCUT2D eigenvalue weighted by Crippen LogP contribution is 2.35. The number of anilines is 2. The zero-order chi connectivity index (χ0) is 21.0. The van der Waals surface area contributed by atoms with Crippen LogP contribution < -0.4 is 9.80 Å². The highest BCUT2D eigenvalue weighted by molar-refractivity contribution is 6.12. The lowest BCUT2D eigenvalue weighted by Crippen LogP contribution is -2.45. The second kappa shape index (κ2) is 8.90. The Hall–Kier alpha value is -3.15. The number of hydrogen-bond acceptors (Lipinski definition) is 3. The van der Waals surface area contributed by atoms with Gasteiger partial charge in [-0.25, -0.2) is 0 Å². The molecule has 0 saturated carbocycles. The fourth-order valence-corrected chi connectivity index (χ4v) is 3.66. The van der Waals surface area contributed by atoms with Gasteiger partial charge in [0.05, 0.1) is 17.3 Å². The zero-order valence-electron chi connectivity index (χ0n) is 17.2. The Balaban J connectivity index is 2.02.